The Bertz CT molecular complexity index is 181. The minimum Gasteiger partial charge on any atom is -0.384 e. The van der Waals surface area contributed by atoms with Crippen LogP contribution in [0.25, 0.3) is 0 Å². The number of carbonyl (C=O) groups excluding carboxylic acids is 1. The van der Waals surface area contributed by atoms with Gasteiger partial charge in [-0.3, -0.25) is 4.79 Å². The van der Waals surface area contributed by atoms with Gasteiger partial charge in [-0.05, 0) is 5.92 Å². The quantitative estimate of drug-likeness (QED) is 0.581. The van der Waals surface area contributed by atoms with Gasteiger partial charge < -0.3 is 15.8 Å². The predicted octanol–water partition coefficient (Wildman–Crippen LogP) is 0.290. The molecule has 1 amide bonds. The Morgan fingerprint density at radius 1 is 1.57 bits per heavy atom. The Balaban J connectivity index is 3.49. The Kier molecular flexibility index (Phi) is 8.17. The minimum atomic E-state index is 0.0521. The van der Waals surface area contributed by atoms with Crippen molar-refractivity contribution >= 4 is 5.91 Å². The van der Waals surface area contributed by atoms with Gasteiger partial charge >= 0.3 is 0 Å². The molecule has 0 aromatic rings. The van der Waals surface area contributed by atoms with Gasteiger partial charge in [0.25, 0.3) is 0 Å². The van der Waals surface area contributed by atoms with Crippen LogP contribution in [0.3, 0.4) is 0 Å². The van der Waals surface area contributed by atoms with Gasteiger partial charge in [-0.2, -0.15) is 0 Å². The van der Waals surface area contributed by atoms with Crippen LogP contribution < -0.4 is 11.1 Å². The van der Waals surface area contributed by atoms with Crippen molar-refractivity contribution in [3.63, 3.8) is 0 Å². The van der Waals surface area contributed by atoms with E-state index in [0.29, 0.717) is 26.1 Å². The normalized spacial score (nSPS) is 13.1. The van der Waals surface area contributed by atoms with E-state index < -0.39 is 0 Å². The Morgan fingerprint density at radius 2 is 2.29 bits per heavy atom. The van der Waals surface area contributed by atoms with E-state index in [1.165, 1.54) is 0 Å². The number of ether oxygens (including phenoxy) is 1. The lowest BCUT2D eigenvalue weighted by Crippen LogP contribution is -2.26. The van der Waals surface area contributed by atoms with E-state index in [1.54, 1.807) is 7.11 Å². The maximum Gasteiger partial charge on any atom is 0.220 e. The molecule has 0 fully saturated rings. The van der Waals surface area contributed by atoms with E-state index in [4.69, 9.17) is 10.5 Å². The number of nitrogens with one attached hydrogen (secondary N) is 1. The van der Waals surface area contributed by atoms with Gasteiger partial charge in [0.1, 0.15) is 0 Å². The van der Waals surface area contributed by atoms with Crippen molar-refractivity contribution in [3.05, 3.63) is 12.2 Å². The standard InChI is InChI=1S/C10H20N2O2/c1-9(8-14-2)7-10(13)12-6-4-3-5-11/h3-4,9H,5-8,11H2,1-2H3,(H,12,13)/b4-3+. The minimum absolute atomic E-state index is 0.0521. The number of carbonyl (C=O) groups is 1. The molecule has 1 unspecified atom stereocenters. The van der Waals surface area contributed by atoms with Crippen molar-refractivity contribution in [2.75, 3.05) is 26.8 Å². The third kappa shape index (κ3) is 7.76. The molecule has 0 rings (SSSR count). The molecule has 0 aliphatic heterocycles. The summed E-state index contributed by atoms with van der Waals surface area (Å²) in [5, 5.41) is 2.77. The molecule has 0 aliphatic carbocycles. The summed E-state index contributed by atoms with van der Waals surface area (Å²) in [6.07, 6.45) is 4.17. The first-order valence-electron chi connectivity index (χ1n) is 4.81. The molecule has 0 radical (unpaired) electrons. The molecular formula is C10H20N2O2. The van der Waals surface area contributed by atoms with Crippen LogP contribution in [0, 0.1) is 5.92 Å². The summed E-state index contributed by atoms with van der Waals surface area (Å²) in [6, 6.07) is 0. The molecule has 0 heterocycles. The van der Waals surface area contributed by atoms with Crippen molar-refractivity contribution in [2.45, 2.75) is 13.3 Å². The molecular weight excluding hydrogens is 180 g/mol. The number of hydrogen-bond acceptors (Lipinski definition) is 3. The van der Waals surface area contributed by atoms with Crippen molar-refractivity contribution in [1.82, 2.24) is 5.32 Å². The van der Waals surface area contributed by atoms with Gasteiger partial charge in [-0.1, -0.05) is 19.1 Å². The highest BCUT2D eigenvalue weighted by Crippen LogP contribution is 2.00. The first-order valence-corrected chi connectivity index (χ1v) is 4.81. The first kappa shape index (κ1) is 13.1. The van der Waals surface area contributed by atoms with E-state index >= 15 is 0 Å². The maximum atomic E-state index is 11.3. The van der Waals surface area contributed by atoms with Gasteiger partial charge in [0.05, 0.1) is 0 Å². The second kappa shape index (κ2) is 8.72. The average Bonchev–Trinajstić information content (AvgIpc) is 2.13. The van der Waals surface area contributed by atoms with Gasteiger partial charge in [-0.25, -0.2) is 0 Å². The van der Waals surface area contributed by atoms with E-state index in [-0.39, 0.29) is 11.8 Å². The monoisotopic (exact) mass is 200 g/mol. The molecule has 0 aliphatic rings. The summed E-state index contributed by atoms with van der Waals surface area (Å²) in [5.74, 6) is 0.315. The third-order valence-corrected chi connectivity index (χ3v) is 1.70. The van der Waals surface area contributed by atoms with Crippen LogP contribution in [0.15, 0.2) is 12.2 Å². The molecule has 14 heavy (non-hydrogen) atoms. The zero-order chi connectivity index (χ0) is 10.8. The molecule has 4 nitrogen and oxygen atoms in total. The SMILES string of the molecule is COCC(C)CC(=O)NC/C=C/CN. The lowest BCUT2D eigenvalue weighted by molar-refractivity contribution is -0.122. The van der Waals surface area contributed by atoms with Gasteiger partial charge in [0.15, 0.2) is 0 Å². The van der Waals surface area contributed by atoms with Crippen molar-refractivity contribution < 1.29 is 9.53 Å². The highest BCUT2D eigenvalue weighted by atomic mass is 16.5. The van der Waals surface area contributed by atoms with Crippen LogP contribution in [-0.4, -0.2) is 32.7 Å². The first-order chi connectivity index (χ1) is 6.70. The molecule has 82 valence electrons. The smallest absolute Gasteiger partial charge is 0.220 e. The molecule has 0 spiro atoms. The Hall–Kier alpha value is -0.870. The fraction of sp³-hybridized carbons (Fsp3) is 0.700. The van der Waals surface area contributed by atoms with Crippen molar-refractivity contribution in [1.29, 1.82) is 0 Å². The van der Waals surface area contributed by atoms with Crippen LogP contribution in [0.1, 0.15) is 13.3 Å². The highest BCUT2D eigenvalue weighted by Gasteiger charge is 2.07. The van der Waals surface area contributed by atoms with E-state index in [0.717, 1.165) is 0 Å². The number of methoxy groups -OCH3 is 1. The summed E-state index contributed by atoms with van der Waals surface area (Å²) < 4.78 is 4.94. The third-order valence-electron chi connectivity index (χ3n) is 1.70. The molecule has 4 heteroatoms. The van der Waals surface area contributed by atoms with Crippen LogP contribution in [0.2, 0.25) is 0 Å². The van der Waals surface area contributed by atoms with Crippen molar-refractivity contribution in [3.8, 4) is 0 Å². The fourth-order valence-electron chi connectivity index (χ4n) is 1.08. The Morgan fingerprint density at radius 3 is 2.86 bits per heavy atom. The zero-order valence-electron chi connectivity index (χ0n) is 8.95. The molecule has 0 saturated heterocycles. The fourth-order valence-corrected chi connectivity index (χ4v) is 1.08. The summed E-state index contributed by atoms with van der Waals surface area (Å²) >= 11 is 0. The summed E-state index contributed by atoms with van der Waals surface area (Å²) in [4.78, 5) is 11.3. The summed E-state index contributed by atoms with van der Waals surface area (Å²) in [7, 11) is 1.64. The lowest BCUT2D eigenvalue weighted by atomic mass is 10.1. The summed E-state index contributed by atoms with van der Waals surface area (Å²) in [6.45, 7) is 3.66. The van der Waals surface area contributed by atoms with E-state index in [2.05, 4.69) is 5.32 Å². The van der Waals surface area contributed by atoms with Crippen LogP contribution in [-0.2, 0) is 9.53 Å². The topological polar surface area (TPSA) is 64.3 Å². The number of amides is 1. The second-order valence-electron chi connectivity index (χ2n) is 3.28. The summed E-state index contributed by atoms with van der Waals surface area (Å²) in [5.41, 5.74) is 5.25. The van der Waals surface area contributed by atoms with E-state index in [9.17, 15) is 4.79 Å². The number of nitrogens with two attached hydrogens (primary N) is 1. The average molecular weight is 200 g/mol. The Labute approximate surface area is 85.5 Å². The predicted molar refractivity (Wildman–Crippen MR) is 56.9 cm³/mol. The second-order valence-corrected chi connectivity index (χ2v) is 3.28. The molecule has 1 atom stereocenters. The zero-order valence-corrected chi connectivity index (χ0v) is 8.95. The molecule has 0 aromatic carbocycles. The van der Waals surface area contributed by atoms with Crippen LogP contribution in [0.5, 0.6) is 0 Å². The van der Waals surface area contributed by atoms with Crippen LogP contribution in [0.4, 0.5) is 0 Å². The van der Waals surface area contributed by atoms with Gasteiger partial charge in [-0.15, -0.1) is 0 Å². The largest absolute Gasteiger partial charge is 0.384 e. The van der Waals surface area contributed by atoms with Gasteiger partial charge in [0.2, 0.25) is 5.91 Å². The molecule has 0 saturated carbocycles. The number of hydrogen-bond donors (Lipinski definition) is 2. The molecule has 0 bridgehead atoms. The van der Waals surface area contributed by atoms with Crippen molar-refractivity contribution in [2.24, 2.45) is 11.7 Å². The van der Waals surface area contributed by atoms with Gasteiger partial charge in [0, 0.05) is 33.2 Å². The maximum absolute atomic E-state index is 11.3. The highest BCUT2D eigenvalue weighted by molar-refractivity contribution is 5.76. The lowest BCUT2D eigenvalue weighted by Gasteiger charge is -2.09. The number of rotatable bonds is 7. The molecule has 0 aromatic heterocycles. The van der Waals surface area contributed by atoms with Crippen LogP contribution >= 0.6 is 0 Å². The molecule has 3 N–H and O–H groups in total. The van der Waals surface area contributed by atoms with E-state index in [1.807, 2.05) is 19.1 Å².